The summed E-state index contributed by atoms with van der Waals surface area (Å²) >= 11 is 0. The van der Waals surface area contributed by atoms with Crippen molar-refractivity contribution >= 4 is 5.91 Å². The lowest BCUT2D eigenvalue weighted by molar-refractivity contribution is -0.118. The number of amides is 1. The molecule has 0 radical (unpaired) electrons. The highest BCUT2D eigenvalue weighted by Gasteiger charge is 2.09. The third-order valence-electron chi connectivity index (χ3n) is 1.91. The van der Waals surface area contributed by atoms with Crippen LogP contribution in [0.5, 0.6) is 0 Å². The van der Waals surface area contributed by atoms with Gasteiger partial charge in [0.2, 0.25) is 5.91 Å². The summed E-state index contributed by atoms with van der Waals surface area (Å²) in [4.78, 5) is 13.5. The summed E-state index contributed by atoms with van der Waals surface area (Å²) in [5.74, 6) is -0.0646. The summed E-state index contributed by atoms with van der Waals surface area (Å²) in [7, 11) is 0. The van der Waals surface area contributed by atoms with E-state index in [0.717, 1.165) is 5.69 Å². The molecule has 0 aromatic carbocycles. The molecular formula is C10H14N4O. The highest BCUT2D eigenvalue weighted by Crippen LogP contribution is 2.07. The van der Waals surface area contributed by atoms with E-state index in [-0.39, 0.29) is 11.9 Å². The van der Waals surface area contributed by atoms with Crippen molar-refractivity contribution in [3.05, 3.63) is 24.0 Å². The van der Waals surface area contributed by atoms with Crippen LogP contribution < -0.4 is 10.6 Å². The van der Waals surface area contributed by atoms with Gasteiger partial charge < -0.3 is 10.3 Å². The number of carbonyl (C=O) groups excluding carboxylic acids is 1. The van der Waals surface area contributed by atoms with Crippen LogP contribution in [0.15, 0.2) is 18.3 Å². The minimum absolute atomic E-state index is 0.0646. The van der Waals surface area contributed by atoms with Gasteiger partial charge in [-0.3, -0.25) is 10.1 Å². The monoisotopic (exact) mass is 206 g/mol. The molecule has 1 amide bonds. The number of hydrogen-bond donors (Lipinski definition) is 3. The Morgan fingerprint density at radius 3 is 3.00 bits per heavy atom. The van der Waals surface area contributed by atoms with Gasteiger partial charge in [0.05, 0.1) is 6.07 Å². The minimum atomic E-state index is -0.353. The van der Waals surface area contributed by atoms with Crippen LogP contribution in [0.25, 0.3) is 0 Å². The summed E-state index contributed by atoms with van der Waals surface area (Å²) in [6.07, 6.45) is 1.77. The number of carbonyl (C=O) groups is 1. The average molecular weight is 206 g/mol. The Hall–Kier alpha value is -1.80. The number of aromatic nitrogens is 1. The van der Waals surface area contributed by atoms with Crippen LogP contribution >= 0.6 is 0 Å². The molecule has 80 valence electrons. The first-order valence-electron chi connectivity index (χ1n) is 4.74. The molecule has 0 aliphatic rings. The second-order valence-electron chi connectivity index (χ2n) is 3.12. The topological polar surface area (TPSA) is 80.7 Å². The summed E-state index contributed by atoms with van der Waals surface area (Å²) < 4.78 is 0. The highest BCUT2D eigenvalue weighted by molar-refractivity contribution is 5.72. The van der Waals surface area contributed by atoms with Crippen LogP contribution in [0.3, 0.4) is 0 Å². The molecule has 1 unspecified atom stereocenters. The van der Waals surface area contributed by atoms with E-state index in [1.807, 2.05) is 12.1 Å². The molecule has 0 aliphatic heterocycles. The van der Waals surface area contributed by atoms with E-state index in [1.165, 1.54) is 6.92 Å². The van der Waals surface area contributed by atoms with Gasteiger partial charge in [-0.1, -0.05) is 0 Å². The Balaban J connectivity index is 2.30. The van der Waals surface area contributed by atoms with Crippen molar-refractivity contribution < 1.29 is 4.79 Å². The normalized spacial score (nSPS) is 11.7. The molecule has 0 aliphatic carbocycles. The third kappa shape index (κ3) is 3.83. The number of rotatable bonds is 5. The van der Waals surface area contributed by atoms with Gasteiger partial charge >= 0.3 is 0 Å². The molecule has 0 saturated heterocycles. The summed E-state index contributed by atoms with van der Waals surface area (Å²) in [5.41, 5.74) is 0.834. The van der Waals surface area contributed by atoms with Crippen LogP contribution in [-0.2, 0) is 4.79 Å². The second kappa shape index (κ2) is 5.83. The van der Waals surface area contributed by atoms with E-state index in [4.69, 9.17) is 5.26 Å². The van der Waals surface area contributed by atoms with Crippen LogP contribution in [0.1, 0.15) is 18.7 Å². The molecule has 15 heavy (non-hydrogen) atoms. The molecule has 5 nitrogen and oxygen atoms in total. The van der Waals surface area contributed by atoms with Gasteiger partial charge in [-0.2, -0.15) is 5.26 Å². The first-order chi connectivity index (χ1) is 7.24. The maximum Gasteiger partial charge on any atom is 0.216 e. The molecule has 0 bridgehead atoms. The first kappa shape index (κ1) is 11.3. The van der Waals surface area contributed by atoms with E-state index in [0.29, 0.717) is 13.1 Å². The van der Waals surface area contributed by atoms with E-state index in [1.54, 1.807) is 6.20 Å². The number of nitrogens with zero attached hydrogens (tertiary/aromatic N) is 1. The summed E-state index contributed by atoms with van der Waals surface area (Å²) in [6, 6.07) is 5.47. The predicted molar refractivity (Wildman–Crippen MR) is 55.8 cm³/mol. The average Bonchev–Trinajstić information content (AvgIpc) is 2.70. The predicted octanol–water partition coefficient (Wildman–Crippen LogP) is 0.305. The Kier molecular flexibility index (Phi) is 4.38. The minimum Gasteiger partial charge on any atom is -0.363 e. The number of hydrogen-bond acceptors (Lipinski definition) is 3. The number of aromatic amines is 1. The lowest BCUT2D eigenvalue weighted by atomic mass is 10.2. The molecule has 5 heteroatoms. The molecule has 0 saturated carbocycles. The zero-order valence-electron chi connectivity index (χ0n) is 8.58. The Bertz CT molecular complexity index is 339. The van der Waals surface area contributed by atoms with Gasteiger partial charge in [0.15, 0.2) is 0 Å². The van der Waals surface area contributed by atoms with Gasteiger partial charge in [-0.25, -0.2) is 0 Å². The second-order valence-corrected chi connectivity index (χ2v) is 3.12. The Morgan fingerprint density at radius 2 is 2.47 bits per heavy atom. The fourth-order valence-electron chi connectivity index (χ4n) is 1.20. The molecule has 0 spiro atoms. The number of nitriles is 1. The van der Waals surface area contributed by atoms with Gasteiger partial charge in [0.25, 0.3) is 0 Å². The van der Waals surface area contributed by atoms with Crippen LogP contribution in [-0.4, -0.2) is 24.0 Å². The number of H-pyrrole nitrogens is 1. The molecule has 1 rings (SSSR count). The fourth-order valence-corrected chi connectivity index (χ4v) is 1.20. The van der Waals surface area contributed by atoms with E-state index >= 15 is 0 Å². The van der Waals surface area contributed by atoms with Crippen molar-refractivity contribution in [1.29, 1.82) is 5.26 Å². The Morgan fingerprint density at radius 1 is 1.67 bits per heavy atom. The molecule has 3 N–H and O–H groups in total. The van der Waals surface area contributed by atoms with Crippen molar-refractivity contribution in [3.8, 4) is 6.07 Å². The molecule has 1 heterocycles. The van der Waals surface area contributed by atoms with Crippen molar-refractivity contribution in [2.45, 2.75) is 13.0 Å². The van der Waals surface area contributed by atoms with E-state index in [9.17, 15) is 4.79 Å². The van der Waals surface area contributed by atoms with E-state index < -0.39 is 0 Å². The van der Waals surface area contributed by atoms with Gasteiger partial charge in [-0.05, 0) is 12.1 Å². The van der Waals surface area contributed by atoms with E-state index in [2.05, 4.69) is 21.7 Å². The lowest BCUT2D eigenvalue weighted by Gasteiger charge is -2.09. The van der Waals surface area contributed by atoms with Crippen LogP contribution in [0, 0.1) is 11.3 Å². The zero-order chi connectivity index (χ0) is 11.1. The molecule has 1 aromatic heterocycles. The molecule has 0 fully saturated rings. The van der Waals surface area contributed by atoms with Crippen molar-refractivity contribution in [1.82, 2.24) is 15.6 Å². The standard InChI is InChI=1S/C10H14N4O/c1-8(15)12-5-6-14-10(7-11)9-3-2-4-13-9/h2-4,10,13-14H,5-6H2,1H3,(H,12,15). The summed E-state index contributed by atoms with van der Waals surface area (Å²) in [6.45, 7) is 2.55. The fraction of sp³-hybridized carbons (Fsp3) is 0.400. The maximum absolute atomic E-state index is 10.6. The maximum atomic E-state index is 10.6. The lowest BCUT2D eigenvalue weighted by Crippen LogP contribution is -2.32. The third-order valence-corrected chi connectivity index (χ3v) is 1.91. The van der Waals surface area contributed by atoms with Crippen molar-refractivity contribution in [3.63, 3.8) is 0 Å². The van der Waals surface area contributed by atoms with Gasteiger partial charge in [-0.15, -0.1) is 0 Å². The SMILES string of the molecule is CC(=O)NCCNC(C#N)c1ccc[nH]1. The molecular weight excluding hydrogens is 192 g/mol. The smallest absolute Gasteiger partial charge is 0.216 e. The molecule has 1 atom stereocenters. The molecule has 1 aromatic rings. The first-order valence-corrected chi connectivity index (χ1v) is 4.74. The Labute approximate surface area is 88.5 Å². The largest absolute Gasteiger partial charge is 0.363 e. The van der Waals surface area contributed by atoms with Gasteiger partial charge in [0, 0.05) is 31.9 Å². The summed E-state index contributed by atoms with van der Waals surface area (Å²) in [5, 5.41) is 14.6. The van der Waals surface area contributed by atoms with Crippen LogP contribution in [0.2, 0.25) is 0 Å². The van der Waals surface area contributed by atoms with Crippen molar-refractivity contribution in [2.24, 2.45) is 0 Å². The number of nitrogens with one attached hydrogen (secondary N) is 3. The van der Waals surface area contributed by atoms with Gasteiger partial charge in [0.1, 0.15) is 6.04 Å². The zero-order valence-corrected chi connectivity index (χ0v) is 8.58. The van der Waals surface area contributed by atoms with Crippen LogP contribution in [0.4, 0.5) is 0 Å². The quantitative estimate of drug-likeness (QED) is 0.606. The van der Waals surface area contributed by atoms with Crippen molar-refractivity contribution in [2.75, 3.05) is 13.1 Å². The highest BCUT2D eigenvalue weighted by atomic mass is 16.1.